The van der Waals surface area contributed by atoms with Crippen LogP contribution in [-0.4, -0.2) is 68.6 Å². The molecule has 1 aliphatic heterocycles. The number of piperazine rings is 1. The SMILES string of the molecule is CC[NH+](CC(=O)NC(C)C)CC(=O)N1CCN(c2cccc(C(F)(F)F)c2)CC1. The average molecular weight is 415 g/mol. The van der Waals surface area contributed by atoms with Crippen molar-refractivity contribution in [2.45, 2.75) is 33.0 Å². The number of nitrogens with one attached hydrogen (secondary N) is 2. The Bertz CT molecular complexity index is 701. The fourth-order valence-electron chi connectivity index (χ4n) is 3.33. The van der Waals surface area contributed by atoms with Crippen molar-refractivity contribution in [1.82, 2.24) is 10.2 Å². The fourth-order valence-corrected chi connectivity index (χ4v) is 3.33. The third-order valence-electron chi connectivity index (χ3n) is 4.93. The number of carbonyl (C=O) groups is 2. The number of carbonyl (C=O) groups excluding carboxylic acids is 2. The Morgan fingerprint density at radius 2 is 1.79 bits per heavy atom. The maximum atomic E-state index is 12.9. The number of nitrogens with zero attached hydrogens (tertiary/aromatic N) is 2. The van der Waals surface area contributed by atoms with Crippen LogP contribution in [0.3, 0.4) is 0 Å². The van der Waals surface area contributed by atoms with E-state index in [0.29, 0.717) is 38.4 Å². The summed E-state index contributed by atoms with van der Waals surface area (Å²) in [6.07, 6.45) is -4.37. The van der Waals surface area contributed by atoms with Crippen LogP contribution in [0.25, 0.3) is 0 Å². The quantitative estimate of drug-likeness (QED) is 0.692. The molecule has 0 spiro atoms. The van der Waals surface area contributed by atoms with Gasteiger partial charge in [0.1, 0.15) is 0 Å². The fraction of sp³-hybridized carbons (Fsp3) is 0.600. The maximum absolute atomic E-state index is 12.9. The van der Waals surface area contributed by atoms with Crippen molar-refractivity contribution in [2.24, 2.45) is 0 Å². The zero-order chi connectivity index (χ0) is 21.6. The number of likely N-dealkylation sites (N-methyl/N-ethyl adjacent to an activating group) is 1. The molecular formula is C20H30F3N4O2+. The van der Waals surface area contributed by atoms with E-state index in [4.69, 9.17) is 0 Å². The first-order valence-corrected chi connectivity index (χ1v) is 9.93. The van der Waals surface area contributed by atoms with E-state index in [-0.39, 0.29) is 30.9 Å². The highest BCUT2D eigenvalue weighted by molar-refractivity contribution is 5.79. The molecule has 162 valence electrons. The first-order chi connectivity index (χ1) is 13.6. The van der Waals surface area contributed by atoms with Crippen LogP contribution < -0.4 is 15.1 Å². The summed E-state index contributed by atoms with van der Waals surface area (Å²) >= 11 is 0. The summed E-state index contributed by atoms with van der Waals surface area (Å²) in [6, 6.07) is 5.32. The van der Waals surface area contributed by atoms with E-state index in [1.165, 1.54) is 6.07 Å². The third kappa shape index (κ3) is 6.92. The summed E-state index contributed by atoms with van der Waals surface area (Å²) < 4.78 is 38.7. The number of quaternary nitrogens is 1. The van der Waals surface area contributed by atoms with E-state index in [0.717, 1.165) is 17.0 Å². The smallest absolute Gasteiger partial charge is 0.368 e. The van der Waals surface area contributed by atoms with Crippen LogP contribution in [0.15, 0.2) is 24.3 Å². The van der Waals surface area contributed by atoms with Crippen LogP contribution in [0, 0.1) is 0 Å². The number of alkyl halides is 3. The molecule has 1 heterocycles. The lowest BCUT2D eigenvalue weighted by atomic mass is 10.1. The Labute approximate surface area is 169 Å². The Hall–Kier alpha value is -2.29. The molecule has 2 N–H and O–H groups in total. The summed E-state index contributed by atoms with van der Waals surface area (Å²) in [7, 11) is 0. The Balaban J connectivity index is 1.88. The molecule has 0 radical (unpaired) electrons. The molecule has 1 aromatic rings. The predicted molar refractivity (Wildman–Crippen MR) is 105 cm³/mol. The highest BCUT2D eigenvalue weighted by Gasteiger charge is 2.31. The minimum absolute atomic E-state index is 0.0390. The van der Waals surface area contributed by atoms with Gasteiger partial charge in [0.2, 0.25) is 0 Å². The first kappa shape index (κ1) is 23.0. The lowest BCUT2D eigenvalue weighted by Gasteiger charge is -2.36. The van der Waals surface area contributed by atoms with E-state index >= 15 is 0 Å². The first-order valence-electron chi connectivity index (χ1n) is 9.93. The van der Waals surface area contributed by atoms with Gasteiger partial charge in [-0.15, -0.1) is 0 Å². The monoisotopic (exact) mass is 415 g/mol. The minimum Gasteiger partial charge on any atom is -0.368 e. The highest BCUT2D eigenvalue weighted by atomic mass is 19.4. The molecule has 1 aliphatic rings. The molecule has 2 amide bonds. The molecule has 1 atom stereocenters. The molecule has 0 aromatic heterocycles. The number of benzene rings is 1. The molecule has 1 saturated heterocycles. The van der Waals surface area contributed by atoms with Crippen molar-refractivity contribution >= 4 is 17.5 Å². The molecule has 0 aliphatic carbocycles. The van der Waals surface area contributed by atoms with Gasteiger partial charge in [0, 0.05) is 37.9 Å². The highest BCUT2D eigenvalue weighted by Crippen LogP contribution is 2.31. The molecule has 1 unspecified atom stereocenters. The van der Waals surface area contributed by atoms with E-state index in [2.05, 4.69) is 5.32 Å². The second-order valence-electron chi connectivity index (χ2n) is 7.60. The summed E-state index contributed by atoms with van der Waals surface area (Å²) in [5, 5.41) is 2.83. The lowest BCUT2D eigenvalue weighted by molar-refractivity contribution is -0.882. The third-order valence-corrected chi connectivity index (χ3v) is 4.93. The largest absolute Gasteiger partial charge is 0.416 e. The van der Waals surface area contributed by atoms with Crippen molar-refractivity contribution in [3.05, 3.63) is 29.8 Å². The molecule has 9 heteroatoms. The van der Waals surface area contributed by atoms with Crippen LogP contribution in [-0.2, 0) is 15.8 Å². The van der Waals surface area contributed by atoms with Crippen molar-refractivity contribution in [3.8, 4) is 0 Å². The van der Waals surface area contributed by atoms with Gasteiger partial charge in [0.25, 0.3) is 11.8 Å². The number of anilines is 1. The van der Waals surface area contributed by atoms with E-state index in [1.54, 1.807) is 11.0 Å². The van der Waals surface area contributed by atoms with Gasteiger partial charge in [-0.3, -0.25) is 9.59 Å². The summed E-state index contributed by atoms with van der Waals surface area (Å²) in [6.45, 7) is 8.67. The summed E-state index contributed by atoms with van der Waals surface area (Å²) in [5.74, 6) is -0.123. The van der Waals surface area contributed by atoms with Gasteiger partial charge in [-0.25, -0.2) is 0 Å². The minimum atomic E-state index is -4.37. The van der Waals surface area contributed by atoms with Crippen LogP contribution in [0.2, 0.25) is 0 Å². The topological polar surface area (TPSA) is 57.1 Å². The zero-order valence-corrected chi connectivity index (χ0v) is 17.2. The molecule has 0 bridgehead atoms. The average Bonchev–Trinajstić information content (AvgIpc) is 2.66. The molecular weight excluding hydrogens is 385 g/mol. The van der Waals surface area contributed by atoms with Crippen molar-refractivity contribution in [2.75, 3.05) is 50.7 Å². The summed E-state index contributed by atoms with van der Waals surface area (Å²) in [5.41, 5.74) is -0.159. The van der Waals surface area contributed by atoms with E-state index in [1.807, 2.05) is 25.7 Å². The molecule has 29 heavy (non-hydrogen) atoms. The Morgan fingerprint density at radius 1 is 1.14 bits per heavy atom. The summed E-state index contributed by atoms with van der Waals surface area (Å²) in [4.78, 5) is 29.0. The van der Waals surface area contributed by atoms with Gasteiger partial charge >= 0.3 is 6.18 Å². The molecule has 6 nitrogen and oxygen atoms in total. The predicted octanol–water partition coefficient (Wildman–Crippen LogP) is 0.783. The number of hydrogen-bond donors (Lipinski definition) is 2. The van der Waals surface area contributed by atoms with Gasteiger partial charge in [0.15, 0.2) is 13.1 Å². The van der Waals surface area contributed by atoms with Gasteiger partial charge in [-0.05, 0) is 39.0 Å². The van der Waals surface area contributed by atoms with Crippen LogP contribution in [0.1, 0.15) is 26.3 Å². The second-order valence-corrected chi connectivity index (χ2v) is 7.60. The van der Waals surface area contributed by atoms with E-state index in [9.17, 15) is 22.8 Å². The van der Waals surface area contributed by atoms with Crippen molar-refractivity contribution in [3.63, 3.8) is 0 Å². The van der Waals surface area contributed by atoms with Crippen molar-refractivity contribution in [1.29, 1.82) is 0 Å². The van der Waals surface area contributed by atoms with Crippen LogP contribution in [0.5, 0.6) is 0 Å². The number of halogens is 3. The normalized spacial score (nSPS) is 16.1. The Kier molecular flexibility index (Phi) is 7.89. The maximum Gasteiger partial charge on any atom is 0.416 e. The zero-order valence-electron chi connectivity index (χ0n) is 17.2. The Morgan fingerprint density at radius 3 is 2.34 bits per heavy atom. The van der Waals surface area contributed by atoms with E-state index < -0.39 is 11.7 Å². The van der Waals surface area contributed by atoms with Gasteiger partial charge in [-0.1, -0.05) is 6.07 Å². The number of amides is 2. The number of hydrogen-bond acceptors (Lipinski definition) is 3. The van der Waals surface area contributed by atoms with Gasteiger partial charge < -0.3 is 20.0 Å². The number of rotatable bonds is 7. The van der Waals surface area contributed by atoms with Gasteiger partial charge in [0.05, 0.1) is 12.1 Å². The van der Waals surface area contributed by atoms with Gasteiger partial charge in [-0.2, -0.15) is 13.2 Å². The lowest BCUT2D eigenvalue weighted by Crippen LogP contribution is -3.14. The molecule has 0 saturated carbocycles. The van der Waals surface area contributed by atoms with Crippen molar-refractivity contribution < 1.29 is 27.7 Å². The standard InChI is InChI=1S/C20H29F3N4O2/c1-4-25(13-18(28)24-15(2)3)14-19(29)27-10-8-26(9-11-27)17-7-5-6-16(12-17)20(21,22)23/h5-7,12,15H,4,8-11,13-14H2,1-3H3,(H,24,28)/p+1. The molecule has 1 aromatic carbocycles. The second kappa shape index (κ2) is 9.96. The molecule has 1 fully saturated rings. The molecule has 2 rings (SSSR count). The van der Waals surface area contributed by atoms with Crippen LogP contribution in [0.4, 0.5) is 18.9 Å². The van der Waals surface area contributed by atoms with Crippen LogP contribution >= 0.6 is 0 Å².